The Morgan fingerprint density at radius 2 is 2.20 bits per heavy atom. The second kappa shape index (κ2) is 4.33. The average Bonchev–Trinajstić information content (AvgIpc) is 2.71. The molecule has 0 radical (unpaired) electrons. The number of aliphatic hydroxyl groups excluding tert-OH is 1. The van der Waals surface area contributed by atoms with Crippen LogP contribution in [0, 0.1) is 13.8 Å². The summed E-state index contributed by atoms with van der Waals surface area (Å²) in [7, 11) is 0. The Morgan fingerprint density at radius 3 is 2.67 bits per heavy atom. The SMILES string of the molecule is Cc1cc(C(O)c2scnc2Br)c(C)s1. The van der Waals surface area contributed by atoms with E-state index >= 15 is 0 Å². The largest absolute Gasteiger partial charge is 0.383 e. The Bertz CT molecular complexity index is 477. The molecule has 0 spiro atoms. The van der Waals surface area contributed by atoms with Crippen molar-refractivity contribution in [3.05, 3.63) is 36.4 Å². The lowest BCUT2D eigenvalue weighted by Gasteiger charge is -2.07. The summed E-state index contributed by atoms with van der Waals surface area (Å²) in [5, 5.41) is 10.2. The summed E-state index contributed by atoms with van der Waals surface area (Å²) in [5.74, 6) is 0. The monoisotopic (exact) mass is 303 g/mol. The molecule has 2 rings (SSSR count). The second-order valence-electron chi connectivity index (χ2n) is 3.28. The van der Waals surface area contributed by atoms with Gasteiger partial charge in [-0.25, -0.2) is 4.98 Å². The topological polar surface area (TPSA) is 33.1 Å². The van der Waals surface area contributed by atoms with Crippen LogP contribution in [0.5, 0.6) is 0 Å². The molecule has 2 nitrogen and oxygen atoms in total. The Morgan fingerprint density at radius 1 is 1.47 bits per heavy atom. The van der Waals surface area contributed by atoms with Crippen LogP contribution in [0.3, 0.4) is 0 Å². The molecule has 1 unspecified atom stereocenters. The van der Waals surface area contributed by atoms with Crippen LogP contribution in [-0.2, 0) is 0 Å². The minimum absolute atomic E-state index is 0.558. The van der Waals surface area contributed by atoms with Crippen LogP contribution in [0.2, 0.25) is 0 Å². The molecule has 2 heterocycles. The van der Waals surface area contributed by atoms with Gasteiger partial charge in [0.1, 0.15) is 10.7 Å². The Hall–Kier alpha value is -0.230. The summed E-state index contributed by atoms with van der Waals surface area (Å²) >= 11 is 6.51. The van der Waals surface area contributed by atoms with Crippen LogP contribution in [0.1, 0.15) is 26.3 Å². The minimum atomic E-state index is -0.558. The van der Waals surface area contributed by atoms with Gasteiger partial charge in [-0.3, -0.25) is 0 Å². The quantitative estimate of drug-likeness (QED) is 0.918. The minimum Gasteiger partial charge on any atom is -0.383 e. The number of aromatic nitrogens is 1. The van der Waals surface area contributed by atoms with Crippen molar-refractivity contribution in [2.75, 3.05) is 0 Å². The predicted molar refractivity (Wildman–Crippen MR) is 67.7 cm³/mol. The first kappa shape index (κ1) is 11.3. The van der Waals surface area contributed by atoms with Gasteiger partial charge in [0.2, 0.25) is 0 Å². The van der Waals surface area contributed by atoms with Gasteiger partial charge in [-0.2, -0.15) is 0 Å². The summed E-state index contributed by atoms with van der Waals surface area (Å²) in [4.78, 5) is 7.34. The predicted octanol–water partition coefficient (Wildman–Crippen LogP) is 3.67. The Balaban J connectivity index is 2.40. The van der Waals surface area contributed by atoms with Crippen LogP contribution in [-0.4, -0.2) is 10.1 Å². The molecule has 0 amide bonds. The smallest absolute Gasteiger partial charge is 0.123 e. The normalized spacial score (nSPS) is 13.1. The van der Waals surface area contributed by atoms with E-state index in [1.807, 2.05) is 13.0 Å². The van der Waals surface area contributed by atoms with Crippen molar-refractivity contribution in [2.45, 2.75) is 20.0 Å². The maximum Gasteiger partial charge on any atom is 0.123 e. The molecule has 1 N–H and O–H groups in total. The van der Waals surface area contributed by atoms with E-state index in [9.17, 15) is 5.11 Å². The highest BCUT2D eigenvalue weighted by Crippen LogP contribution is 2.35. The van der Waals surface area contributed by atoms with E-state index in [0.29, 0.717) is 0 Å². The van der Waals surface area contributed by atoms with Crippen molar-refractivity contribution in [3.8, 4) is 0 Å². The van der Waals surface area contributed by atoms with Gasteiger partial charge < -0.3 is 5.11 Å². The highest BCUT2D eigenvalue weighted by molar-refractivity contribution is 9.10. The van der Waals surface area contributed by atoms with E-state index in [2.05, 4.69) is 27.8 Å². The molecule has 0 bridgehead atoms. The number of rotatable bonds is 2. The van der Waals surface area contributed by atoms with Crippen molar-refractivity contribution in [2.24, 2.45) is 0 Å². The third kappa shape index (κ3) is 2.15. The summed E-state index contributed by atoms with van der Waals surface area (Å²) in [6.07, 6.45) is -0.558. The fraction of sp³-hybridized carbons (Fsp3) is 0.300. The third-order valence-corrected chi connectivity index (χ3v) is 4.93. The van der Waals surface area contributed by atoms with Crippen LogP contribution in [0.4, 0.5) is 0 Å². The highest BCUT2D eigenvalue weighted by Gasteiger charge is 2.19. The number of aryl methyl sites for hydroxylation is 2. The first-order valence-corrected chi connectivity index (χ1v) is 6.92. The summed E-state index contributed by atoms with van der Waals surface area (Å²) in [6.45, 7) is 4.08. The molecule has 5 heteroatoms. The molecule has 0 saturated heterocycles. The molecule has 15 heavy (non-hydrogen) atoms. The molecule has 0 aromatic carbocycles. The van der Waals surface area contributed by atoms with E-state index in [-0.39, 0.29) is 0 Å². The number of nitrogens with zero attached hydrogens (tertiary/aromatic N) is 1. The summed E-state index contributed by atoms with van der Waals surface area (Å²) in [5.41, 5.74) is 2.72. The molecule has 0 aliphatic rings. The molecule has 0 saturated carbocycles. The maximum atomic E-state index is 10.2. The molecule has 2 aromatic rings. The van der Waals surface area contributed by atoms with Crippen LogP contribution in [0.25, 0.3) is 0 Å². The number of aliphatic hydroxyl groups is 1. The van der Waals surface area contributed by atoms with Crippen molar-refractivity contribution in [3.63, 3.8) is 0 Å². The third-order valence-electron chi connectivity index (χ3n) is 2.17. The molecular weight excluding hydrogens is 294 g/mol. The Labute approximate surface area is 105 Å². The van der Waals surface area contributed by atoms with Crippen LogP contribution >= 0.6 is 38.6 Å². The Kier molecular flexibility index (Phi) is 3.25. The number of hydrogen-bond donors (Lipinski definition) is 1. The van der Waals surface area contributed by atoms with Gasteiger partial charge in [-0.1, -0.05) is 0 Å². The van der Waals surface area contributed by atoms with Gasteiger partial charge in [0.15, 0.2) is 0 Å². The summed E-state index contributed by atoms with van der Waals surface area (Å²) in [6, 6.07) is 2.04. The average molecular weight is 304 g/mol. The van der Waals surface area contributed by atoms with Crippen LogP contribution in [0.15, 0.2) is 16.2 Å². The van der Waals surface area contributed by atoms with Gasteiger partial charge in [-0.15, -0.1) is 22.7 Å². The zero-order chi connectivity index (χ0) is 11.0. The van der Waals surface area contributed by atoms with Crippen molar-refractivity contribution in [1.29, 1.82) is 0 Å². The number of halogens is 1. The lowest BCUT2D eigenvalue weighted by molar-refractivity contribution is 0.223. The van der Waals surface area contributed by atoms with Gasteiger partial charge >= 0.3 is 0 Å². The molecule has 0 aliphatic heterocycles. The molecule has 1 atom stereocenters. The molecule has 0 aliphatic carbocycles. The molecule has 0 fully saturated rings. The van der Waals surface area contributed by atoms with Gasteiger partial charge in [0, 0.05) is 9.75 Å². The van der Waals surface area contributed by atoms with Gasteiger partial charge in [0.05, 0.1) is 10.4 Å². The van der Waals surface area contributed by atoms with E-state index in [0.717, 1.165) is 15.0 Å². The van der Waals surface area contributed by atoms with Gasteiger partial charge in [-0.05, 0) is 41.4 Å². The van der Waals surface area contributed by atoms with E-state index in [1.54, 1.807) is 16.8 Å². The van der Waals surface area contributed by atoms with E-state index in [4.69, 9.17) is 0 Å². The number of thiophene rings is 1. The number of thiazole rings is 1. The standard InChI is InChI=1S/C10H10BrNOS2/c1-5-3-7(6(2)15-5)8(13)9-10(11)12-4-14-9/h3-4,8,13H,1-2H3. The van der Waals surface area contributed by atoms with Crippen molar-refractivity contribution < 1.29 is 5.11 Å². The van der Waals surface area contributed by atoms with E-state index < -0.39 is 6.10 Å². The zero-order valence-electron chi connectivity index (χ0n) is 8.32. The highest BCUT2D eigenvalue weighted by atomic mass is 79.9. The van der Waals surface area contributed by atoms with Crippen LogP contribution < -0.4 is 0 Å². The zero-order valence-corrected chi connectivity index (χ0v) is 11.5. The fourth-order valence-electron chi connectivity index (χ4n) is 1.48. The van der Waals surface area contributed by atoms with Gasteiger partial charge in [0.25, 0.3) is 0 Å². The summed E-state index contributed by atoms with van der Waals surface area (Å²) < 4.78 is 0.739. The number of hydrogen-bond acceptors (Lipinski definition) is 4. The molecule has 80 valence electrons. The first-order valence-electron chi connectivity index (χ1n) is 4.43. The maximum absolute atomic E-state index is 10.2. The van der Waals surface area contributed by atoms with Crippen molar-refractivity contribution in [1.82, 2.24) is 4.98 Å². The van der Waals surface area contributed by atoms with Crippen molar-refractivity contribution >= 4 is 38.6 Å². The lowest BCUT2D eigenvalue weighted by atomic mass is 10.1. The molecular formula is C10H10BrNOS2. The molecule has 2 aromatic heterocycles. The fourth-order valence-corrected chi connectivity index (χ4v) is 3.85. The second-order valence-corrected chi connectivity index (χ2v) is 6.38. The first-order chi connectivity index (χ1) is 7.09. The lowest BCUT2D eigenvalue weighted by Crippen LogP contribution is -1.97. The van der Waals surface area contributed by atoms with E-state index in [1.165, 1.54) is 21.1 Å².